The Morgan fingerprint density at radius 3 is 2.57 bits per heavy atom. The summed E-state index contributed by atoms with van der Waals surface area (Å²) < 4.78 is 6.39. The Bertz CT molecular complexity index is 222. The molecule has 0 amide bonds. The van der Waals surface area contributed by atoms with Gasteiger partial charge < -0.3 is 9.57 Å². The van der Waals surface area contributed by atoms with Gasteiger partial charge in [0.2, 0.25) is 0 Å². The van der Waals surface area contributed by atoms with Crippen molar-refractivity contribution in [2.24, 2.45) is 0 Å². The van der Waals surface area contributed by atoms with Gasteiger partial charge >= 0.3 is 11.9 Å². The highest BCUT2D eigenvalue weighted by molar-refractivity contribution is 5.46. The Labute approximate surface area is 38.2 Å². The summed E-state index contributed by atoms with van der Waals surface area (Å²) in [6.07, 6.45) is 0. The average Bonchev–Trinajstić information content (AvgIpc) is 2.10. The maximum atomic E-state index is 4.84. The fraction of sp³-hybridized carbons (Fsp3) is 0. The van der Waals surface area contributed by atoms with Crippen LogP contribution in [-0.2, 0) is 0 Å². The summed E-state index contributed by atoms with van der Waals surface area (Å²) in [5, 5.41) is 0. The van der Waals surface area contributed by atoms with E-state index in [9.17, 15) is 0 Å². The summed E-state index contributed by atoms with van der Waals surface area (Å²) in [4.78, 5) is 8.61. The number of hydrogen-bond donors (Lipinski definition) is 0. The van der Waals surface area contributed by atoms with Crippen LogP contribution < -0.4 is 9.57 Å². The second-order valence-corrected chi connectivity index (χ2v) is 1.49. The Morgan fingerprint density at radius 2 is 2.43 bits per heavy atom. The van der Waals surface area contributed by atoms with Gasteiger partial charge in [0, 0.05) is 0 Å². The minimum atomic E-state index is 0.588. The van der Waals surface area contributed by atoms with Crippen molar-refractivity contribution in [1.82, 2.24) is 9.71 Å². The molecule has 0 N–H and O–H groups in total. The molecule has 3 aliphatic heterocycles. The summed E-state index contributed by atoms with van der Waals surface area (Å²) in [5.74, 6) is 1.41. The number of nitrogens with zero attached hydrogens (tertiary/aromatic N) is 2. The molecule has 4 rings (SSSR count). The number of imidazole rings is 1. The fourth-order valence-electron chi connectivity index (χ4n) is 0.676. The van der Waals surface area contributed by atoms with E-state index in [1.807, 2.05) is 0 Å². The molecule has 0 radical (unpaired) electrons. The van der Waals surface area contributed by atoms with Gasteiger partial charge in [0.05, 0.1) is 0 Å². The van der Waals surface area contributed by atoms with Crippen molar-refractivity contribution < 1.29 is 9.57 Å². The zero-order valence-electron chi connectivity index (χ0n) is 3.21. The predicted octanol–water partition coefficient (Wildman–Crippen LogP) is 0.144. The van der Waals surface area contributed by atoms with Crippen molar-refractivity contribution in [3.8, 4) is 17.8 Å². The maximum absolute atomic E-state index is 4.84. The lowest BCUT2D eigenvalue weighted by Crippen LogP contribution is -1.99. The number of ether oxygens (including phenoxy) is 1. The van der Waals surface area contributed by atoms with Crippen molar-refractivity contribution >= 4 is 0 Å². The van der Waals surface area contributed by atoms with Gasteiger partial charge in [-0.25, -0.2) is 0 Å². The van der Waals surface area contributed by atoms with Crippen LogP contribution >= 0.6 is 0 Å². The number of rotatable bonds is 0. The third kappa shape index (κ3) is 0.0877. The molecule has 0 aliphatic carbocycles. The molecule has 2 bridgehead atoms. The zero-order valence-corrected chi connectivity index (χ0v) is 3.21. The van der Waals surface area contributed by atoms with Crippen LogP contribution in [0.4, 0.5) is 0 Å². The van der Waals surface area contributed by atoms with Crippen LogP contribution in [0.15, 0.2) is 0 Å². The van der Waals surface area contributed by atoms with Gasteiger partial charge in [-0.1, -0.05) is 4.73 Å². The molecule has 4 nitrogen and oxygen atoms in total. The van der Waals surface area contributed by atoms with E-state index in [-0.39, 0.29) is 0 Å². The van der Waals surface area contributed by atoms with Crippen LogP contribution in [0, 0.1) is 0 Å². The lowest BCUT2D eigenvalue weighted by Gasteiger charge is -2.02. The van der Waals surface area contributed by atoms with Crippen LogP contribution in [0.2, 0.25) is 0 Å². The monoisotopic (exact) mass is 96.0 g/mol. The molecule has 0 fully saturated rings. The molecule has 34 valence electrons. The fourth-order valence-corrected chi connectivity index (χ4v) is 0.676. The molecule has 1 aromatic heterocycles. The van der Waals surface area contributed by atoms with Gasteiger partial charge in [-0.05, 0) is 0 Å². The minimum absolute atomic E-state index is 0.588. The van der Waals surface area contributed by atoms with Crippen molar-refractivity contribution in [3.05, 3.63) is 0 Å². The average molecular weight is 96.0 g/mol. The molecule has 4 heteroatoms. The highest BCUT2D eigenvalue weighted by Crippen LogP contribution is 2.51. The predicted molar refractivity (Wildman–Crippen MR) is 18.3 cm³/mol. The molecule has 0 atom stereocenters. The summed E-state index contributed by atoms with van der Waals surface area (Å²) in [5.41, 5.74) is 0. The zero-order chi connectivity index (χ0) is 4.43. The van der Waals surface area contributed by atoms with Crippen LogP contribution in [0.3, 0.4) is 0 Å². The largest absolute Gasteiger partial charge is 0.398 e. The van der Waals surface area contributed by atoms with Crippen LogP contribution in [0.5, 0.6) is 17.8 Å². The first-order valence-electron chi connectivity index (χ1n) is 1.94. The quantitative estimate of drug-likeness (QED) is 0.374. The molecule has 3 aliphatic rings. The molecule has 0 saturated carbocycles. The van der Waals surface area contributed by atoms with E-state index in [0.717, 1.165) is 5.88 Å². The summed E-state index contributed by atoms with van der Waals surface area (Å²) in [6.45, 7) is 0. The smallest absolute Gasteiger partial charge is 0.345 e. The van der Waals surface area contributed by atoms with Crippen molar-refractivity contribution in [2.75, 3.05) is 0 Å². The third-order valence-corrected chi connectivity index (χ3v) is 1.07. The van der Waals surface area contributed by atoms with E-state index >= 15 is 0 Å². The molecule has 1 aromatic rings. The lowest BCUT2D eigenvalue weighted by molar-refractivity contribution is 0.275. The van der Waals surface area contributed by atoms with Gasteiger partial charge in [-0.3, -0.25) is 0 Å². The van der Waals surface area contributed by atoms with Gasteiger partial charge in [0.25, 0.3) is 5.88 Å². The topological polar surface area (TPSA) is 39.6 Å². The molecule has 0 saturated heterocycles. The van der Waals surface area contributed by atoms with Crippen molar-refractivity contribution in [2.45, 2.75) is 0 Å². The Balaban J connectivity index is 2.73. The maximum Gasteiger partial charge on any atom is 0.345 e. The standard InChI is InChI=1S/C3N2O2/c4-1-2-5(7-2)3(4)6-1. The highest BCUT2D eigenvalue weighted by Gasteiger charge is 2.43. The number of aromatic nitrogens is 2. The Hall–Kier alpha value is -1.19. The first-order valence-corrected chi connectivity index (χ1v) is 1.94. The lowest BCUT2D eigenvalue weighted by atomic mass is 10.8. The molecule has 0 spiro atoms. The SMILES string of the molecule is n1c2c3n(c1O2)O3. The van der Waals surface area contributed by atoms with Crippen molar-refractivity contribution in [3.63, 3.8) is 0 Å². The molecular weight excluding hydrogens is 96.0 g/mol. The van der Waals surface area contributed by atoms with E-state index in [1.165, 1.54) is 0 Å². The van der Waals surface area contributed by atoms with E-state index < -0.39 is 0 Å². The normalized spacial score (nSPS) is 16.0. The summed E-state index contributed by atoms with van der Waals surface area (Å²) in [6, 6.07) is 0.588. The molecule has 7 heavy (non-hydrogen) atoms. The van der Waals surface area contributed by atoms with Crippen molar-refractivity contribution in [1.29, 1.82) is 0 Å². The second kappa shape index (κ2) is 0.366. The molecular formula is C3N2O2. The van der Waals surface area contributed by atoms with E-state index in [0.29, 0.717) is 11.9 Å². The van der Waals surface area contributed by atoms with Crippen LogP contribution in [0.25, 0.3) is 0 Å². The van der Waals surface area contributed by atoms with Crippen LogP contribution in [-0.4, -0.2) is 9.71 Å². The van der Waals surface area contributed by atoms with E-state index in [2.05, 4.69) is 4.98 Å². The highest BCUT2D eigenvalue weighted by atomic mass is 16.8. The van der Waals surface area contributed by atoms with Gasteiger partial charge in [0.1, 0.15) is 0 Å². The molecule has 0 unspecified atom stereocenters. The first kappa shape index (κ1) is 2.20. The van der Waals surface area contributed by atoms with Crippen LogP contribution in [0.1, 0.15) is 0 Å². The number of hydrogen-bond acceptors (Lipinski definition) is 3. The second-order valence-electron chi connectivity index (χ2n) is 1.49. The van der Waals surface area contributed by atoms with Gasteiger partial charge in [-0.2, -0.15) is 4.98 Å². The third-order valence-electron chi connectivity index (χ3n) is 1.07. The van der Waals surface area contributed by atoms with Gasteiger partial charge in [0.15, 0.2) is 0 Å². The summed E-state index contributed by atoms with van der Waals surface area (Å²) in [7, 11) is 0. The molecule has 0 aromatic carbocycles. The van der Waals surface area contributed by atoms with E-state index in [1.54, 1.807) is 4.73 Å². The Morgan fingerprint density at radius 1 is 1.57 bits per heavy atom. The Kier molecular flexibility index (Phi) is 0.115. The minimum Gasteiger partial charge on any atom is -0.398 e. The first-order chi connectivity index (χ1) is 3.45. The van der Waals surface area contributed by atoms with Gasteiger partial charge in [-0.15, -0.1) is 0 Å². The summed E-state index contributed by atoms with van der Waals surface area (Å²) >= 11 is 0. The van der Waals surface area contributed by atoms with E-state index in [4.69, 9.17) is 9.57 Å². The molecule has 4 heterocycles.